The topological polar surface area (TPSA) is 140 Å². The fourth-order valence-corrected chi connectivity index (χ4v) is 4.00. The molecule has 1 unspecified atom stereocenters. The van der Waals surface area contributed by atoms with Crippen molar-refractivity contribution in [3.63, 3.8) is 0 Å². The number of aliphatic hydroxyl groups is 2. The quantitative estimate of drug-likeness (QED) is 0.349. The number of hydrogen-bond acceptors (Lipinski definition) is 7. The molecule has 1 aliphatic rings. The Hall–Kier alpha value is -3.14. The molecule has 0 heterocycles. The zero-order valence-electron chi connectivity index (χ0n) is 19.4. The van der Waals surface area contributed by atoms with Crippen LogP contribution >= 0.6 is 0 Å². The molecule has 9 heteroatoms. The van der Waals surface area contributed by atoms with E-state index >= 15 is 0 Å². The van der Waals surface area contributed by atoms with E-state index in [9.17, 15) is 30.0 Å². The minimum Gasteiger partial charge on any atom is -0.508 e. The number of amides is 1. The maximum atomic E-state index is 11.9. The van der Waals surface area contributed by atoms with Crippen LogP contribution in [-0.2, 0) is 29.0 Å². The van der Waals surface area contributed by atoms with Gasteiger partial charge in [-0.05, 0) is 60.2 Å². The predicted octanol–water partition coefficient (Wildman–Crippen LogP) is 1.38. The number of benzene rings is 2. The van der Waals surface area contributed by atoms with E-state index in [0.717, 1.165) is 24.0 Å². The molecule has 0 saturated carbocycles. The van der Waals surface area contributed by atoms with Crippen LogP contribution in [0.1, 0.15) is 41.2 Å². The van der Waals surface area contributed by atoms with E-state index in [0.29, 0.717) is 29.8 Å². The largest absolute Gasteiger partial charge is 0.508 e. The van der Waals surface area contributed by atoms with Crippen LogP contribution in [0.4, 0.5) is 0 Å². The first-order valence-electron chi connectivity index (χ1n) is 11.2. The predicted molar refractivity (Wildman–Crippen MR) is 125 cm³/mol. The monoisotopic (exact) mass is 472 g/mol. The Morgan fingerprint density at radius 3 is 2.62 bits per heavy atom. The van der Waals surface area contributed by atoms with Crippen molar-refractivity contribution in [3.05, 3.63) is 58.7 Å². The lowest BCUT2D eigenvalue weighted by Crippen LogP contribution is -2.37. The molecule has 3 rings (SSSR count). The molecule has 1 amide bonds. The summed E-state index contributed by atoms with van der Waals surface area (Å²) >= 11 is 0. The number of phenols is 1. The number of aliphatic hydroxyl groups excluding tert-OH is 2. The number of aryl methyl sites for hydroxylation is 1. The molecule has 9 nitrogen and oxygen atoms in total. The molecule has 0 fully saturated rings. The summed E-state index contributed by atoms with van der Waals surface area (Å²) in [5.74, 6) is -1.13. The average Bonchev–Trinajstić information content (AvgIpc) is 2.81. The van der Waals surface area contributed by atoms with E-state index in [-0.39, 0.29) is 30.7 Å². The molecule has 184 valence electrons. The van der Waals surface area contributed by atoms with Gasteiger partial charge in [-0.15, -0.1) is 0 Å². The molecule has 1 aliphatic carbocycles. The van der Waals surface area contributed by atoms with Crippen LogP contribution in [-0.4, -0.2) is 70.0 Å². The van der Waals surface area contributed by atoms with Crippen LogP contribution in [0.15, 0.2) is 36.4 Å². The molecule has 0 radical (unpaired) electrons. The Labute approximate surface area is 198 Å². The van der Waals surface area contributed by atoms with Crippen molar-refractivity contribution in [2.24, 2.45) is 0 Å². The van der Waals surface area contributed by atoms with Gasteiger partial charge in [0, 0.05) is 32.2 Å². The third-order valence-electron chi connectivity index (χ3n) is 6.08. The summed E-state index contributed by atoms with van der Waals surface area (Å²) in [6, 6.07) is 10.3. The highest BCUT2D eigenvalue weighted by Crippen LogP contribution is 2.27. The number of carbonyl (C=O) groups is 2. The molecule has 2 aromatic carbocycles. The number of nitrogens with one attached hydrogen (secondary N) is 1. The Morgan fingerprint density at radius 2 is 1.94 bits per heavy atom. The number of fused-ring (bicyclic) bond motifs is 1. The van der Waals surface area contributed by atoms with E-state index in [1.165, 1.54) is 11.0 Å². The lowest BCUT2D eigenvalue weighted by atomic mass is 9.88. The molecular weight excluding hydrogens is 440 g/mol. The summed E-state index contributed by atoms with van der Waals surface area (Å²) in [6.07, 6.45) is 0.0785. The Morgan fingerprint density at radius 1 is 1.18 bits per heavy atom. The summed E-state index contributed by atoms with van der Waals surface area (Å²) in [7, 11) is 3.13. The fraction of sp³-hybridized carbons (Fsp3) is 0.440. The molecule has 0 aliphatic heterocycles. The number of carboxylic acids is 1. The van der Waals surface area contributed by atoms with E-state index < -0.39 is 18.2 Å². The summed E-state index contributed by atoms with van der Waals surface area (Å²) in [5, 5.41) is 42.4. The second kappa shape index (κ2) is 11.3. The van der Waals surface area contributed by atoms with Crippen LogP contribution in [0.5, 0.6) is 11.5 Å². The first-order chi connectivity index (χ1) is 16.2. The van der Waals surface area contributed by atoms with E-state index in [2.05, 4.69) is 5.32 Å². The van der Waals surface area contributed by atoms with Gasteiger partial charge in [0.15, 0.2) is 0 Å². The maximum absolute atomic E-state index is 11.9. The van der Waals surface area contributed by atoms with Gasteiger partial charge in [-0.3, -0.25) is 4.79 Å². The minimum absolute atomic E-state index is 0.00969. The van der Waals surface area contributed by atoms with Crippen molar-refractivity contribution in [2.45, 2.75) is 50.5 Å². The highest BCUT2D eigenvalue weighted by molar-refractivity contribution is 5.83. The number of aromatic hydroxyl groups is 1. The summed E-state index contributed by atoms with van der Waals surface area (Å²) in [6.45, 7) is -0.00472. The second-order valence-electron chi connectivity index (χ2n) is 8.78. The Kier molecular flexibility index (Phi) is 8.49. The van der Waals surface area contributed by atoms with Gasteiger partial charge in [0.25, 0.3) is 0 Å². The number of carbonyl (C=O) groups excluding carboxylic acids is 1. The number of aliphatic carboxylic acids is 1. The molecule has 0 spiro atoms. The number of hydrogen-bond donors (Lipinski definition) is 5. The van der Waals surface area contributed by atoms with Gasteiger partial charge in [-0.25, -0.2) is 4.79 Å². The number of ether oxygens (including phenoxy) is 1. The van der Waals surface area contributed by atoms with Crippen molar-refractivity contribution in [3.8, 4) is 11.5 Å². The van der Waals surface area contributed by atoms with Crippen LogP contribution in [0, 0.1) is 0 Å². The highest BCUT2D eigenvalue weighted by atomic mass is 16.5. The highest BCUT2D eigenvalue weighted by Gasteiger charge is 2.25. The Bertz CT molecular complexity index is 1020. The van der Waals surface area contributed by atoms with Gasteiger partial charge in [-0.1, -0.05) is 12.1 Å². The molecule has 0 saturated heterocycles. The van der Waals surface area contributed by atoms with Gasteiger partial charge in [0.2, 0.25) is 12.0 Å². The van der Waals surface area contributed by atoms with Crippen LogP contribution in [0.3, 0.4) is 0 Å². The van der Waals surface area contributed by atoms with E-state index in [1.807, 2.05) is 12.1 Å². The van der Waals surface area contributed by atoms with Crippen LogP contribution in [0.2, 0.25) is 0 Å². The molecule has 2 aromatic rings. The van der Waals surface area contributed by atoms with Crippen molar-refractivity contribution in [1.29, 1.82) is 0 Å². The first kappa shape index (κ1) is 25.5. The van der Waals surface area contributed by atoms with Crippen molar-refractivity contribution in [1.82, 2.24) is 10.2 Å². The van der Waals surface area contributed by atoms with Gasteiger partial charge >= 0.3 is 5.97 Å². The smallest absolute Gasteiger partial charge is 0.345 e. The number of carboxylic acid groups (broad SMARTS) is 1. The minimum atomic E-state index is -1.27. The van der Waals surface area contributed by atoms with Gasteiger partial charge in [-0.2, -0.15) is 0 Å². The second-order valence-corrected chi connectivity index (χ2v) is 8.78. The molecule has 0 aromatic heterocycles. The van der Waals surface area contributed by atoms with Crippen molar-refractivity contribution < 1.29 is 34.8 Å². The molecule has 34 heavy (non-hydrogen) atoms. The van der Waals surface area contributed by atoms with Crippen molar-refractivity contribution in [2.75, 3.05) is 20.6 Å². The third-order valence-corrected chi connectivity index (χ3v) is 6.08. The van der Waals surface area contributed by atoms with Gasteiger partial charge in [0.05, 0.1) is 19.1 Å². The lowest BCUT2D eigenvalue weighted by molar-refractivity contribution is -0.148. The van der Waals surface area contributed by atoms with E-state index in [1.54, 1.807) is 32.3 Å². The van der Waals surface area contributed by atoms with Crippen molar-refractivity contribution >= 4 is 11.9 Å². The zero-order valence-corrected chi connectivity index (χ0v) is 19.4. The zero-order chi connectivity index (χ0) is 24.8. The molecular formula is C25H32N2O7. The molecule has 3 atom stereocenters. The van der Waals surface area contributed by atoms with Crippen LogP contribution in [0.25, 0.3) is 0 Å². The van der Waals surface area contributed by atoms with E-state index in [4.69, 9.17) is 4.74 Å². The van der Waals surface area contributed by atoms with Gasteiger partial charge in [0.1, 0.15) is 11.5 Å². The summed E-state index contributed by atoms with van der Waals surface area (Å²) in [4.78, 5) is 24.8. The third kappa shape index (κ3) is 6.47. The Balaban J connectivity index is 1.61. The standard InChI is InChI=1S/C25H32N2O7/c1-27(2)24(31)12-23(25(32)33)34-20-7-4-15-3-6-19(10-17(15)11-20)26-13-22(30)16-5-8-21(29)18(9-16)14-28/h4-5,7-9,11,19,22-23,26,28-30H,3,6,10,12-14H2,1-2H3,(H,32,33)/t19-,22+,23?/m0/s1. The first-order valence-corrected chi connectivity index (χ1v) is 11.2. The fourth-order valence-electron chi connectivity index (χ4n) is 4.00. The lowest BCUT2D eigenvalue weighted by Gasteiger charge is -2.27. The maximum Gasteiger partial charge on any atom is 0.345 e. The summed E-state index contributed by atoms with van der Waals surface area (Å²) < 4.78 is 5.64. The molecule has 5 N–H and O–H groups in total. The summed E-state index contributed by atoms with van der Waals surface area (Å²) in [5.41, 5.74) is 3.16. The van der Waals surface area contributed by atoms with Crippen LogP contribution < -0.4 is 10.1 Å². The SMILES string of the molecule is CN(C)C(=O)CC(Oc1ccc2c(c1)C[C@@H](NC[C@@H](O)c1ccc(O)c(CO)c1)CC2)C(=O)O. The number of nitrogens with zero attached hydrogens (tertiary/aromatic N) is 1. The number of rotatable bonds is 10. The molecule has 0 bridgehead atoms. The van der Waals surface area contributed by atoms with Gasteiger partial charge < -0.3 is 35.4 Å². The normalized spacial score (nSPS) is 16.9. The average molecular weight is 473 g/mol.